The van der Waals surface area contributed by atoms with Crippen molar-refractivity contribution in [2.75, 3.05) is 0 Å². The van der Waals surface area contributed by atoms with Crippen LogP contribution < -0.4 is 0 Å². The maximum atomic E-state index is 4.56. The summed E-state index contributed by atoms with van der Waals surface area (Å²) in [6, 6.07) is 0. The molecular formula is C8H11N2O. The molecule has 0 N–H and O–H groups in total. The Morgan fingerprint density at radius 3 is 3.09 bits per heavy atom. The van der Waals surface area contributed by atoms with E-state index in [1.807, 2.05) is 6.08 Å². The van der Waals surface area contributed by atoms with Crippen molar-refractivity contribution in [3.63, 3.8) is 0 Å². The van der Waals surface area contributed by atoms with Crippen LogP contribution in [0.15, 0.2) is 23.1 Å². The lowest BCUT2D eigenvalue weighted by Gasteiger charge is -1.83. The van der Waals surface area contributed by atoms with Crippen molar-refractivity contribution in [2.45, 2.75) is 19.3 Å². The minimum Gasteiger partial charge on any atom is -0.343 e. The summed E-state index contributed by atoms with van der Waals surface area (Å²) >= 11 is 0. The molecule has 0 aliphatic carbocycles. The zero-order valence-corrected chi connectivity index (χ0v) is 6.36. The van der Waals surface area contributed by atoms with E-state index in [1.165, 1.54) is 6.39 Å². The first-order valence-corrected chi connectivity index (χ1v) is 3.63. The van der Waals surface area contributed by atoms with Crippen LogP contribution in [0.1, 0.15) is 18.7 Å². The second-order valence-electron chi connectivity index (χ2n) is 2.17. The van der Waals surface area contributed by atoms with Gasteiger partial charge in [-0.05, 0) is 12.8 Å². The number of unbranched alkanes of at least 4 members (excludes halogenated alkanes) is 1. The minimum atomic E-state index is 0.727. The van der Waals surface area contributed by atoms with Gasteiger partial charge in [0.05, 0.1) is 0 Å². The average molecular weight is 151 g/mol. The Hall–Kier alpha value is -1.12. The molecule has 11 heavy (non-hydrogen) atoms. The lowest BCUT2D eigenvalue weighted by molar-refractivity contribution is 0.411. The highest BCUT2D eigenvalue weighted by molar-refractivity contribution is 4.92. The molecule has 0 aromatic carbocycles. The summed E-state index contributed by atoms with van der Waals surface area (Å²) in [6.07, 6.45) is 8.13. The summed E-state index contributed by atoms with van der Waals surface area (Å²) in [5, 5.41) is 3.66. The van der Waals surface area contributed by atoms with Crippen LogP contribution in [0.5, 0.6) is 0 Å². The summed E-state index contributed by atoms with van der Waals surface area (Å²) < 4.78 is 4.56. The standard InChI is InChI=1S/C8H11N2O/c1-2-3-4-5-6-8-9-7-11-10-8/h4-5,7H,1-3,6H2/b5-4+. The van der Waals surface area contributed by atoms with Crippen molar-refractivity contribution < 1.29 is 4.52 Å². The van der Waals surface area contributed by atoms with Crippen LogP contribution in [0.3, 0.4) is 0 Å². The molecule has 0 saturated heterocycles. The Balaban J connectivity index is 2.23. The van der Waals surface area contributed by atoms with Crippen LogP contribution >= 0.6 is 0 Å². The first-order valence-electron chi connectivity index (χ1n) is 3.63. The van der Waals surface area contributed by atoms with Gasteiger partial charge in [0, 0.05) is 6.42 Å². The molecule has 0 atom stereocenters. The lowest BCUT2D eigenvalue weighted by Crippen LogP contribution is -1.82. The SMILES string of the molecule is [CH2]CC/C=C/Cc1ncon1. The molecule has 0 aliphatic heterocycles. The fourth-order valence-electron chi connectivity index (χ4n) is 0.707. The molecule has 1 radical (unpaired) electrons. The summed E-state index contributed by atoms with van der Waals surface area (Å²) in [7, 11) is 0. The average Bonchev–Trinajstić information content (AvgIpc) is 2.50. The Morgan fingerprint density at radius 1 is 1.55 bits per heavy atom. The van der Waals surface area contributed by atoms with E-state index in [-0.39, 0.29) is 0 Å². The second-order valence-corrected chi connectivity index (χ2v) is 2.17. The monoisotopic (exact) mass is 151 g/mol. The van der Waals surface area contributed by atoms with Crippen molar-refractivity contribution in [3.05, 3.63) is 31.3 Å². The van der Waals surface area contributed by atoms with E-state index >= 15 is 0 Å². The van der Waals surface area contributed by atoms with Gasteiger partial charge in [-0.15, -0.1) is 0 Å². The molecule has 1 aromatic heterocycles. The number of nitrogens with zero attached hydrogens (tertiary/aromatic N) is 2. The summed E-state index contributed by atoms with van der Waals surface area (Å²) in [4.78, 5) is 3.87. The molecule has 0 spiro atoms. The first-order chi connectivity index (χ1) is 5.43. The minimum absolute atomic E-state index is 0.727. The van der Waals surface area contributed by atoms with E-state index in [0.717, 1.165) is 25.1 Å². The van der Waals surface area contributed by atoms with Gasteiger partial charge in [0.2, 0.25) is 6.39 Å². The van der Waals surface area contributed by atoms with Crippen LogP contribution in [-0.2, 0) is 6.42 Å². The number of allylic oxidation sites excluding steroid dienone is 2. The quantitative estimate of drug-likeness (QED) is 0.616. The van der Waals surface area contributed by atoms with Crippen LogP contribution in [0, 0.1) is 6.92 Å². The highest BCUT2D eigenvalue weighted by Crippen LogP contribution is 1.93. The largest absolute Gasteiger partial charge is 0.343 e. The Kier molecular flexibility index (Phi) is 3.38. The summed E-state index contributed by atoms with van der Waals surface area (Å²) in [6.45, 7) is 3.72. The second kappa shape index (κ2) is 4.66. The molecule has 59 valence electrons. The van der Waals surface area contributed by atoms with Gasteiger partial charge in [-0.2, -0.15) is 4.98 Å². The molecule has 3 heteroatoms. The van der Waals surface area contributed by atoms with Gasteiger partial charge in [-0.1, -0.05) is 24.2 Å². The van der Waals surface area contributed by atoms with Crippen LogP contribution in [0.2, 0.25) is 0 Å². The van der Waals surface area contributed by atoms with E-state index < -0.39 is 0 Å². The predicted molar refractivity (Wildman–Crippen MR) is 41.7 cm³/mol. The van der Waals surface area contributed by atoms with Gasteiger partial charge in [0.1, 0.15) is 0 Å². The predicted octanol–water partition coefficient (Wildman–Crippen LogP) is 1.78. The summed E-state index contributed by atoms with van der Waals surface area (Å²) in [5.41, 5.74) is 0. The normalized spacial score (nSPS) is 11.0. The van der Waals surface area contributed by atoms with Crippen molar-refractivity contribution in [3.8, 4) is 0 Å². The van der Waals surface area contributed by atoms with Gasteiger partial charge in [-0.3, -0.25) is 0 Å². The van der Waals surface area contributed by atoms with Crippen LogP contribution in [0.4, 0.5) is 0 Å². The Labute approximate surface area is 66.1 Å². The van der Waals surface area contributed by atoms with E-state index in [4.69, 9.17) is 0 Å². The third-order valence-corrected chi connectivity index (χ3v) is 1.24. The first kappa shape index (κ1) is 7.98. The highest BCUT2D eigenvalue weighted by Gasteiger charge is 1.91. The van der Waals surface area contributed by atoms with Crippen molar-refractivity contribution in [1.29, 1.82) is 0 Å². The maximum Gasteiger partial charge on any atom is 0.213 e. The lowest BCUT2D eigenvalue weighted by atomic mass is 10.3. The van der Waals surface area contributed by atoms with Gasteiger partial charge in [0.25, 0.3) is 0 Å². The molecule has 0 bridgehead atoms. The molecule has 0 unspecified atom stereocenters. The zero-order valence-electron chi connectivity index (χ0n) is 6.36. The van der Waals surface area contributed by atoms with Gasteiger partial charge < -0.3 is 4.52 Å². The molecule has 0 amide bonds. The van der Waals surface area contributed by atoms with Crippen LogP contribution in [-0.4, -0.2) is 10.1 Å². The third kappa shape index (κ3) is 2.98. The number of hydrogen-bond acceptors (Lipinski definition) is 3. The fourth-order valence-corrected chi connectivity index (χ4v) is 0.707. The molecule has 1 aromatic rings. The molecule has 0 saturated carbocycles. The Bertz CT molecular complexity index is 204. The number of rotatable bonds is 4. The maximum absolute atomic E-state index is 4.56. The zero-order chi connectivity index (χ0) is 7.94. The van der Waals surface area contributed by atoms with Gasteiger partial charge in [0.15, 0.2) is 5.82 Å². The van der Waals surface area contributed by atoms with E-state index in [2.05, 4.69) is 27.7 Å². The summed E-state index contributed by atoms with van der Waals surface area (Å²) in [5.74, 6) is 0.727. The van der Waals surface area contributed by atoms with E-state index in [0.29, 0.717) is 0 Å². The number of aromatic nitrogens is 2. The van der Waals surface area contributed by atoms with Crippen molar-refractivity contribution in [2.24, 2.45) is 0 Å². The van der Waals surface area contributed by atoms with Crippen molar-refractivity contribution in [1.82, 2.24) is 10.1 Å². The molecule has 3 nitrogen and oxygen atoms in total. The number of hydrogen-bond donors (Lipinski definition) is 0. The van der Waals surface area contributed by atoms with E-state index in [9.17, 15) is 0 Å². The molecule has 1 heterocycles. The topological polar surface area (TPSA) is 38.9 Å². The molecule has 0 aliphatic rings. The highest BCUT2D eigenvalue weighted by atomic mass is 16.5. The van der Waals surface area contributed by atoms with Crippen molar-refractivity contribution >= 4 is 0 Å². The smallest absolute Gasteiger partial charge is 0.213 e. The third-order valence-electron chi connectivity index (χ3n) is 1.24. The molecular weight excluding hydrogens is 140 g/mol. The van der Waals surface area contributed by atoms with E-state index in [1.54, 1.807) is 0 Å². The Morgan fingerprint density at radius 2 is 2.45 bits per heavy atom. The molecule has 0 fully saturated rings. The van der Waals surface area contributed by atoms with Gasteiger partial charge >= 0.3 is 0 Å². The van der Waals surface area contributed by atoms with Gasteiger partial charge in [-0.25, -0.2) is 0 Å². The van der Waals surface area contributed by atoms with Crippen LogP contribution in [0.25, 0.3) is 0 Å². The molecule has 1 rings (SSSR count). The fraction of sp³-hybridized carbons (Fsp3) is 0.375.